The first-order valence-corrected chi connectivity index (χ1v) is 5.48. The lowest BCUT2D eigenvalue weighted by molar-refractivity contribution is 0.183. The minimum atomic E-state index is 0.317. The monoisotopic (exact) mass is 199 g/mol. The molecule has 0 atom stereocenters. The summed E-state index contributed by atoms with van der Waals surface area (Å²) >= 11 is 0. The van der Waals surface area contributed by atoms with Crippen LogP contribution in [0.3, 0.4) is 0 Å². The van der Waals surface area contributed by atoms with Gasteiger partial charge in [-0.2, -0.15) is 0 Å². The number of amidine groups is 1. The van der Waals surface area contributed by atoms with E-state index in [2.05, 4.69) is 17.0 Å². The Labute approximate surface area is 85.8 Å². The lowest BCUT2D eigenvalue weighted by Crippen LogP contribution is -2.42. The van der Waals surface area contributed by atoms with Crippen LogP contribution in [0.4, 0.5) is 0 Å². The van der Waals surface area contributed by atoms with Crippen molar-refractivity contribution in [1.29, 1.82) is 0 Å². The summed E-state index contributed by atoms with van der Waals surface area (Å²) in [6.45, 7) is 3.69. The van der Waals surface area contributed by atoms with Gasteiger partial charge in [-0.05, 0) is 19.4 Å². The summed E-state index contributed by atoms with van der Waals surface area (Å²) in [6.07, 6.45) is 6.51. The highest BCUT2D eigenvalue weighted by molar-refractivity contribution is 5.81. The van der Waals surface area contributed by atoms with Crippen LogP contribution in [0, 0.1) is 0 Å². The number of nitrogens with zero attached hydrogens (tertiary/aromatic N) is 2. The zero-order valence-electron chi connectivity index (χ0n) is 8.95. The average Bonchev–Trinajstić information content (AvgIpc) is 2.26. The Balaban J connectivity index is 2.43. The fraction of sp³-hybridized carbons (Fsp3) is 0.900. The maximum Gasteiger partial charge on any atom is 0.153 e. The Bertz CT molecular complexity index is 188. The predicted octanol–water partition coefficient (Wildman–Crippen LogP) is 1.39. The van der Waals surface area contributed by atoms with Crippen molar-refractivity contribution in [3.63, 3.8) is 0 Å². The summed E-state index contributed by atoms with van der Waals surface area (Å²) in [4.78, 5) is 2.30. The highest BCUT2D eigenvalue weighted by Gasteiger charge is 2.20. The Hall–Kier alpha value is -0.770. The molecule has 0 heterocycles. The van der Waals surface area contributed by atoms with E-state index in [0.29, 0.717) is 18.4 Å². The van der Waals surface area contributed by atoms with Gasteiger partial charge in [0.05, 0.1) is 6.54 Å². The molecule has 0 spiro atoms. The largest absolute Gasteiger partial charge is 0.409 e. The number of likely N-dealkylation sites (N-methyl/N-ethyl adjacent to an activating group) is 1. The van der Waals surface area contributed by atoms with Crippen LogP contribution in [0.1, 0.15) is 39.0 Å². The quantitative estimate of drug-likeness (QED) is 0.311. The van der Waals surface area contributed by atoms with Crippen LogP contribution in [0.25, 0.3) is 0 Å². The predicted molar refractivity (Wildman–Crippen MR) is 57.5 cm³/mol. The van der Waals surface area contributed by atoms with Crippen molar-refractivity contribution in [2.45, 2.75) is 45.1 Å². The molecule has 0 amide bonds. The van der Waals surface area contributed by atoms with Gasteiger partial charge in [0, 0.05) is 6.04 Å². The van der Waals surface area contributed by atoms with E-state index in [9.17, 15) is 0 Å². The molecule has 82 valence electrons. The van der Waals surface area contributed by atoms with E-state index in [4.69, 9.17) is 10.9 Å². The topological polar surface area (TPSA) is 61.8 Å². The molecule has 1 aliphatic rings. The molecular formula is C10H21N3O. The lowest BCUT2D eigenvalue weighted by Gasteiger charge is -2.32. The third-order valence-corrected chi connectivity index (χ3v) is 2.99. The Morgan fingerprint density at radius 2 is 2.07 bits per heavy atom. The number of oxime groups is 1. The SMILES string of the molecule is CCN(C/C(N)=N/O)C1CCCCC1. The average molecular weight is 199 g/mol. The summed E-state index contributed by atoms with van der Waals surface area (Å²) in [5, 5.41) is 11.5. The third kappa shape index (κ3) is 3.18. The van der Waals surface area contributed by atoms with Gasteiger partial charge in [-0.25, -0.2) is 0 Å². The van der Waals surface area contributed by atoms with Crippen LogP contribution in [0.5, 0.6) is 0 Å². The first-order valence-electron chi connectivity index (χ1n) is 5.48. The molecule has 1 fully saturated rings. The smallest absolute Gasteiger partial charge is 0.153 e. The minimum absolute atomic E-state index is 0.317. The normalized spacial score (nSPS) is 20.3. The van der Waals surface area contributed by atoms with E-state index in [1.165, 1.54) is 32.1 Å². The van der Waals surface area contributed by atoms with E-state index in [1.807, 2.05) is 0 Å². The molecule has 4 heteroatoms. The van der Waals surface area contributed by atoms with Crippen molar-refractivity contribution in [2.24, 2.45) is 10.9 Å². The molecule has 4 nitrogen and oxygen atoms in total. The molecule has 0 saturated heterocycles. The van der Waals surface area contributed by atoms with Crippen molar-refractivity contribution in [2.75, 3.05) is 13.1 Å². The van der Waals surface area contributed by atoms with Crippen LogP contribution >= 0.6 is 0 Å². The van der Waals surface area contributed by atoms with Gasteiger partial charge in [0.2, 0.25) is 0 Å². The van der Waals surface area contributed by atoms with E-state index in [1.54, 1.807) is 0 Å². The molecule has 1 aliphatic carbocycles. The fourth-order valence-corrected chi connectivity index (χ4v) is 2.18. The van der Waals surface area contributed by atoms with Crippen molar-refractivity contribution < 1.29 is 5.21 Å². The molecule has 14 heavy (non-hydrogen) atoms. The maximum absolute atomic E-state index is 8.51. The Morgan fingerprint density at radius 1 is 1.43 bits per heavy atom. The third-order valence-electron chi connectivity index (χ3n) is 2.99. The Kier molecular flexibility index (Phi) is 4.73. The molecule has 0 radical (unpaired) electrons. The van der Waals surface area contributed by atoms with E-state index in [0.717, 1.165) is 6.54 Å². The molecule has 3 N–H and O–H groups in total. The molecule has 0 unspecified atom stereocenters. The number of hydrogen-bond acceptors (Lipinski definition) is 3. The van der Waals surface area contributed by atoms with Crippen LogP contribution in [0.2, 0.25) is 0 Å². The summed E-state index contributed by atoms with van der Waals surface area (Å²) in [6, 6.07) is 0.633. The molecule has 1 rings (SSSR count). The van der Waals surface area contributed by atoms with Gasteiger partial charge in [0.15, 0.2) is 5.84 Å². The van der Waals surface area contributed by atoms with Gasteiger partial charge in [-0.15, -0.1) is 0 Å². The van der Waals surface area contributed by atoms with Crippen molar-refractivity contribution in [1.82, 2.24) is 4.90 Å². The second kappa shape index (κ2) is 5.86. The van der Waals surface area contributed by atoms with Gasteiger partial charge < -0.3 is 10.9 Å². The summed E-state index contributed by atoms with van der Waals surface area (Å²) in [5.74, 6) is 0.317. The van der Waals surface area contributed by atoms with Gasteiger partial charge in [0.25, 0.3) is 0 Å². The van der Waals surface area contributed by atoms with E-state index < -0.39 is 0 Å². The number of nitrogens with two attached hydrogens (primary N) is 1. The highest BCUT2D eigenvalue weighted by atomic mass is 16.4. The summed E-state index contributed by atoms with van der Waals surface area (Å²) < 4.78 is 0. The first-order chi connectivity index (χ1) is 6.77. The standard InChI is InChI=1S/C10H21N3O/c1-2-13(8-10(11)12-14)9-6-4-3-5-7-9/h9,14H,2-8H2,1H3,(H2,11,12). The highest BCUT2D eigenvalue weighted by Crippen LogP contribution is 2.22. The van der Waals surface area contributed by atoms with E-state index >= 15 is 0 Å². The van der Waals surface area contributed by atoms with Crippen molar-refractivity contribution in [3.05, 3.63) is 0 Å². The van der Waals surface area contributed by atoms with Crippen LogP contribution < -0.4 is 5.73 Å². The van der Waals surface area contributed by atoms with Crippen molar-refractivity contribution >= 4 is 5.84 Å². The minimum Gasteiger partial charge on any atom is -0.409 e. The molecular weight excluding hydrogens is 178 g/mol. The van der Waals surface area contributed by atoms with Crippen LogP contribution in [-0.4, -0.2) is 35.1 Å². The molecule has 0 aliphatic heterocycles. The lowest BCUT2D eigenvalue weighted by atomic mass is 9.94. The van der Waals surface area contributed by atoms with Crippen LogP contribution in [-0.2, 0) is 0 Å². The fourth-order valence-electron chi connectivity index (χ4n) is 2.18. The Morgan fingerprint density at radius 3 is 2.57 bits per heavy atom. The van der Waals surface area contributed by atoms with Gasteiger partial charge in [-0.3, -0.25) is 4.90 Å². The molecule has 0 aromatic heterocycles. The first kappa shape index (κ1) is 11.3. The summed E-state index contributed by atoms with van der Waals surface area (Å²) in [7, 11) is 0. The van der Waals surface area contributed by atoms with Gasteiger partial charge >= 0.3 is 0 Å². The second-order valence-electron chi connectivity index (χ2n) is 3.95. The van der Waals surface area contributed by atoms with E-state index in [-0.39, 0.29) is 0 Å². The van der Waals surface area contributed by atoms with Crippen LogP contribution in [0.15, 0.2) is 5.16 Å². The van der Waals surface area contributed by atoms with Gasteiger partial charge in [-0.1, -0.05) is 31.3 Å². The zero-order chi connectivity index (χ0) is 10.4. The van der Waals surface area contributed by atoms with Gasteiger partial charge in [0.1, 0.15) is 0 Å². The summed E-state index contributed by atoms with van der Waals surface area (Å²) in [5.41, 5.74) is 5.51. The second-order valence-corrected chi connectivity index (χ2v) is 3.95. The number of hydrogen-bond donors (Lipinski definition) is 2. The number of rotatable bonds is 4. The zero-order valence-corrected chi connectivity index (χ0v) is 8.95. The molecule has 0 bridgehead atoms. The maximum atomic E-state index is 8.51. The molecule has 1 saturated carbocycles. The molecule has 0 aromatic rings. The van der Waals surface area contributed by atoms with Crippen molar-refractivity contribution in [3.8, 4) is 0 Å². The molecule has 0 aromatic carbocycles.